The third-order valence-corrected chi connectivity index (χ3v) is 4.13. The molecule has 2 nitrogen and oxygen atoms in total. The van der Waals surface area contributed by atoms with E-state index in [-0.39, 0.29) is 0 Å². The molecule has 2 bridgehead atoms. The molecule has 1 amide bonds. The fourth-order valence-corrected chi connectivity index (χ4v) is 3.13. The number of amides is 1. The maximum atomic E-state index is 12.0. The number of nitrogens with zero attached hydrogens (tertiary/aromatic N) is 1. The van der Waals surface area contributed by atoms with Crippen LogP contribution in [-0.2, 0) is 4.79 Å². The van der Waals surface area contributed by atoms with Gasteiger partial charge in [-0.25, -0.2) is 0 Å². The molecule has 0 spiro atoms. The van der Waals surface area contributed by atoms with E-state index in [4.69, 9.17) is 0 Å². The lowest BCUT2D eigenvalue weighted by atomic mass is 10.0. The molecule has 2 heteroatoms. The second-order valence-corrected chi connectivity index (χ2v) is 5.03. The molecular formula is C11H17NO. The molecule has 0 radical (unpaired) electrons. The molecule has 3 fully saturated rings. The monoisotopic (exact) mass is 179 g/mol. The quantitative estimate of drug-likeness (QED) is 0.601. The predicted octanol–water partition coefficient (Wildman–Crippen LogP) is 1.80. The van der Waals surface area contributed by atoms with E-state index < -0.39 is 0 Å². The van der Waals surface area contributed by atoms with Crippen LogP contribution in [0.3, 0.4) is 0 Å². The zero-order valence-corrected chi connectivity index (χ0v) is 8.20. The Balaban J connectivity index is 1.75. The lowest BCUT2D eigenvalue weighted by Gasteiger charge is -2.22. The molecule has 1 aliphatic carbocycles. The fraction of sp³-hybridized carbons (Fsp3) is 0.909. The second-order valence-electron chi connectivity index (χ2n) is 5.03. The Labute approximate surface area is 79.3 Å². The summed E-state index contributed by atoms with van der Waals surface area (Å²) in [6, 6.07) is 1.26. The third kappa shape index (κ3) is 1.04. The van der Waals surface area contributed by atoms with Gasteiger partial charge in [-0.15, -0.1) is 0 Å². The highest BCUT2D eigenvalue weighted by Crippen LogP contribution is 2.45. The molecule has 2 aliphatic heterocycles. The van der Waals surface area contributed by atoms with E-state index >= 15 is 0 Å². The number of carbonyl (C=O) groups is 1. The number of carbonyl (C=O) groups excluding carboxylic acids is 1. The lowest BCUT2D eigenvalue weighted by molar-refractivity contribution is -0.134. The van der Waals surface area contributed by atoms with Crippen molar-refractivity contribution in [2.45, 2.75) is 51.1 Å². The second kappa shape index (κ2) is 2.49. The normalized spacial score (nSPS) is 47.0. The van der Waals surface area contributed by atoms with E-state index in [1.807, 2.05) is 0 Å². The van der Waals surface area contributed by atoms with Crippen LogP contribution < -0.4 is 0 Å². The van der Waals surface area contributed by atoms with Gasteiger partial charge in [0.1, 0.15) is 0 Å². The zero-order valence-electron chi connectivity index (χ0n) is 8.20. The van der Waals surface area contributed by atoms with Crippen molar-refractivity contribution < 1.29 is 4.79 Å². The largest absolute Gasteiger partial charge is 0.336 e. The summed E-state index contributed by atoms with van der Waals surface area (Å²) in [5.41, 5.74) is 0. The van der Waals surface area contributed by atoms with Gasteiger partial charge in [0.2, 0.25) is 5.91 Å². The Hall–Kier alpha value is -0.530. The highest BCUT2D eigenvalue weighted by Gasteiger charge is 2.49. The summed E-state index contributed by atoms with van der Waals surface area (Å²) in [4.78, 5) is 14.2. The van der Waals surface area contributed by atoms with Crippen molar-refractivity contribution in [2.75, 3.05) is 0 Å². The van der Waals surface area contributed by atoms with Gasteiger partial charge < -0.3 is 4.90 Å². The van der Waals surface area contributed by atoms with Crippen molar-refractivity contribution in [3.05, 3.63) is 0 Å². The molecule has 3 rings (SSSR count). The molecule has 0 aromatic heterocycles. The van der Waals surface area contributed by atoms with Gasteiger partial charge in [-0.05, 0) is 38.0 Å². The molecule has 0 aromatic rings. The van der Waals surface area contributed by atoms with Gasteiger partial charge in [0.15, 0.2) is 0 Å². The minimum atomic E-state index is 0.404. The minimum absolute atomic E-state index is 0.404. The molecule has 2 heterocycles. The van der Waals surface area contributed by atoms with Gasteiger partial charge in [0.25, 0.3) is 0 Å². The summed E-state index contributed by atoms with van der Waals surface area (Å²) in [5.74, 6) is 1.56. The summed E-state index contributed by atoms with van der Waals surface area (Å²) in [7, 11) is 0. The average Bonchev–Trinajstić information content (AvgIpc) is 2.63. The third-order valence-electron chi connectivity index (χ3n) is 4.13. The maximum absolute atomic E-state index is 12.0. The minimum Gasteiger partial charge on any atom is -0.336 e. The van der Waals surface area contributed by atoms with Gasteiger partial charge in [-0.1, -0.05) is 6.92 Å². The number of rotatable bonds is 1. The average molecular weight is 179 g/mol. The Morgan fingerprint density at radius 1 is 1.15 bits per heavy atom. The van der Waals surface area contributed by atoms with Crippen molar-refractivity contribution in [2.24, 2.45) is 11.8 Å². The smallest absolute Gasteiger partial charge is 0.226 e. The fourth-order valence-electron chi connectivity index (χ4n) is 3.13. The van der Waals surface area contributed by atoms with E-state index in [2.05, 4.69) is 11.8 Å². The van der Waals surface area contributed by atoms with Crippen LogP contribution in [0.25, 0.3) is 0 Å². The maximum Gasteiger partial charge on any atom is 0.226 e. The van der Waals surface area contributed by atoms with Crippen LogP contribution in [0, 0.1) is 11.8 Å². The van der Waals surface area contributed by atoms with Crippen molar-refractivity contribution in [1.29, 1.82) is 0 Å². The molecule has 0 aromatic carbocycles. The first-order chi connectivity index (χ1) is 6.27. The molecule has 2 saturated heterocycles. The molecule has 72 valence electrons. The van der Waals surface area contributed by atoms with Crippen LogP contribution in [0.5, 0.6) is 0 Å². The molecule has 13 heavy (non-hydrogen) atoms. The summed E-state index contributed by atoms with van der Waals surface area (Å²) in [5, 5.41) is 0. The van der Waals surface area contributed by atoms with E-state index in [1.165, 1.54) is 25.7 Å². The number of fused-ring (bicyclic) bond motifs is 2. The van der Waals surface area contributed by atoms with E-state index in [9.17, 15) is 4.79 Å². The van der Waals surface area contributed by atoms with Crippen LogP contribution in [0.2, 0.25) is 0 Å². The molecule has 2 unspecified atom stereocenters. The molecular weight excluding hydrogens is 162 g/mol. The van der Waals surface area contributed by atoms with Crippen molar-refractivity contribution in [3.8, 4) is 0 Å². The van der Waals surface area contributed by atoms with Crippen LogP contribution in [0.1, 0.15) is 39.0 Å². The molecule has 2 atom stereocenters. The predicted molar refractivity (Wildman–Crippen MR) is 50.2 cm³/mol. The SMILES string of the molecule is CC1CC1C(=O)N1C2CCC1CC2. The van der Waals surface area contributed by atoms with Crippen molar-refractivity contribution in [3.63, 3.8) is 0 Å². The van der Waals surface area contributed by atoms with Crippen molar-refractivity contribution in [1.82, 2.24) is 4.90 Å². The summed E-state index contributed by atoms with van der Waals surface area (Å²) in [6.07, 6.45) is 6.25. The van der Waals surface area contributed by atoms with E-state index in [0.717, 1.165) is 6.42 Å². The van der Waals surface area contributed by atoms with Crippen LogP contribution in [-0.4, -0.2) is 22.9 Å². The lowest BCUT2D eigenvalue weighted by Crippen LogP contribution is -2.36. The molecule has 1 saturated carbocycles. The van der Waals surface area contributed by atoms with E-state index in [0.29, 0.717) is 29.8 Å². The Bertz CT molecular complexity index is 230. The standard InChI is InChI=1S/C11H17NO/c1-7-6-10(7)11(13)12-8-2-3-9(12)5-4-8/h7-10H,2-6H2,1H3. The Morgan fingerprint density at radius 2 is 1.62 bits per heavy atom. The number of hydrogen-bond acceptors (Lipinski definition) is 1. The molecule has 0 N–H and O–H groups in total. The van der Waals surface area contributed by atoms with Gasteiger partial charge in [-0.2, -0.15) is 0 Å². The highest BCUT2D eigenvalue weighted by atomic mass is 16.2. The topological polar surface area (TPSA) is 20.3 Å². The van der Waals surface area contributed by atoms with Crippen LogP contribution >= 0.6 is 0 Å². The van der Waals surface area contributed by atoms with Gasteiger partial charge in [0.05, 0.1) is 0 Å². The first-order valence-electron chi connectivity index (χ1n) is 5.59. The first kappa shape index (κ1) is 7.84. The first-order valence-corrected chi connectivity index (χ1v) is 5.59. The van der Waals surface area contributed by atoms with Gasteiger partial charge >= 0.3 is 0 Å². The zero-order chi connectivity index (χ0) is 9.00. The molecule has 3 aliphatic rings. The van der Waals surface area contributed by atoms with E-state index in [1.54, 1.807) is 0 Å². The number of hydrogen-bond donors (Lipinski definition) is 0. The summed E-state index contributed by atoms with van der Waals surface area (Å²) < 4.78 is 0. The Morgan fingerprint density at radius 3 is 2.00 bits per heavy atom. The van der Waals surface area contributed by atoms with Crippen LogP contribution in [0.15, 0.2) is 0 Å². The summed E-state index contributed by atoms with van der Waals surface area (Å²) >= 11 is 0. The Kier molecular flexibility index (Phi) is 1.50. The van der Waals surface area contributed by atoms with Crippen LogP contribution in [0.4, 0.5) is 0 Å². The van der Waals surface area contributed by atoms with Crippen molar-refractivity contribution >= 4 is 5.91 Å². The van der Waals surface area contributed by atoms with Gasteiger partial charge in [-0.3, -0.25) is 4.79 Å². The highest BCUT2D eigenvalue weighted by molar-refractivity contribution is 5.82. The summed E-state index contributed by atoms with van der Waals surface area (Å²) in [6.45, 7) is 2.19. The van der Waals surface area contributed by atoms with Gasteiger partial charge in [0, 0.05) is 18.0 Å².